The summed E-state index contributed by atoms with van der Waals surface area (Å²) in [6.45, 7) is 6.65. The maximum atomic E-state index is 12.5. The molecule has 2 aromatic heterocycles. The summed E-state index contributed by atoms with van der Waals surface area (Å²) in [6, 6.07) is 0. The van der Waals surface area contributed by atoms with Gasteiger partial charge < -0.3 is 9.64 Å². The van der Waals surface area contributed by atoms with Crippen molar-refractivity contribution in [2.45, 2.75) is 19.9 Å². The second-order valence-corrected chi connectivity index (χ2v) is 6.63. The first-order valence-corrected chi connectivity index (χ1v) is 8.21. The van der Waals surface area contributed by atoms with Crippen LogP contribution < -0.4 is 5.56 Å². The van der Waals surface area contributed by atoms with Crippen molar-refractivity contribution in [3.63, 3.8) is 0 Å². The van der Waals surface area contributed by atoms with E-state index in [4.69, 9.17) is 4.74 Å². The van der Waals surface area contributed by atoms with Crippen LogP contribution >= 0.6 is 11.3 Å². The highest BCUT2D eigenvalue weighted by Gasteiger charge is 2.23. The lowest BCUT2D eigenvalue weighted by atomic mass is 10.1. The molecule has 0 radical (unpaired) electrons. The van der Waals surface area contributed by atoms with Crippen LogP contribution in [0.2, 0.25) is 0 Å². The highest BCUT2D eigenvalue weighted by atomic mass is 32.1. The molecule has 21 heavy (non-hydrogen) atoms. The lowest BCUT2D eigenvalue weighted by molar-refractivity contribution is 0.158. The Hall–Kier alpha value is -1.24. The molecule has 3 rings (SSSR count). The van der Waals surface area contributed by atoms with Crippen LogP contribution in [0.15, 0.2) is 16.5 Å². The zero-order chi connectivity index (χ0) is 14.8. The van der Waals surface area contributed by atoms with Gasteiger partial charge >= 0.3 is 0 Å². The molecule has 5 nitrogen and oxygen atoms in total. The summed E-state index contributed by atoms with van der Waals surface area (Å²) in [5.41, 5.74) is 2.05. The zero-order valence-corrected chi connectivity index (χ0v) is 13.4. The average Bonchev–Trinajstić information content (AvgIpc) is 3.07. The monoisotopic (exact) mass is 307 g/mol. The van der Waals surface area contributed by atoms with Crippen LogP contribution in [0.25, 0.3) is 10.2 Å². The van der Waals surface area contributed by atoms with Crippen LogP contribution in [-0.2, 0) is 11.3 Å². The van der Waals surface area contributed by atoms with Crippen molar-refractivity contribution in [3.8, 4) is 0 Å². The Morgan fingerprint density at radius 2 is 2.38 bits per heavy atom. The van der Waals surface area contributed by atoms with E-state index in [9.17, 15) is 4.79 Å². The average molecular weight is 307 g/mol. The van der Waals surface area contributed by atoms with Gasteiger partial charge in [0.05, 0.1) is 18.5 Å². The lowest BCUT2D eigenvalue weighted by Crippen LogP contribution is -2.28. The predicted molar refractivity (Wildman–Crippen MR) is 85.0 cm³/mol. The van der Waals surface area contributed by atoms with Crippen molar-refractivity contribution in [1.82, 2.24) is 14.5 Å². The van der Waals surface area contributed by atoms with E-state index >= 15 is 0 Å². The van der Waals surface area contributed by atoms with Crippen molar-refractivity contribution in [2.75, 3.05) is 33.4 Å². The molecule has 6 heteroatoms. The minimum absolute atomic E-state index is 0.105. The second-order valence-electron chi connectivity index (χ2n) is 5.75. The van der Waals surface area contributed by atoms with Crippen molar-refractivity contribution in [2.24, 2.45) is 5.92 Å². The highest BCUT2D eigenvalue weighted by molar-refractivity contribution is 7.17. The number of fused-ring (bicyclic) bond motifs is 1. The molecule has 3 heterocycles. The maximum absolute atomic E-state index is 12.5. The Morgan fingerprint density at radius 3 is 3.19 bits per heavy atom. The third-order valence-electron chi connectivity index (χ3n) is 4.16. The summed E-state index contributed by atoms with van der Waals surface area (Å²) in [6.07, 6.45) is 2.85. The topological polar surface area (TPSA) is 47.4 Å². The molecular formula is C15H21N3O2S. The van der Waals surface area contributed by atoms with Crippen molar-refractivity contribution < 1.29 is 4.74 Å². The van der Waals surface area contributed by atoms with Crippen LogP contribution in [0.1, 0.15) is 12.0 Å². The Morgan fingerprint density at radius 1 is 1.52 bits per heavy atom. The molecule has 0 bridgehead atoms. The predicted octanol–water partition coefficient (Wildman–Crippen LogP) is 1.73. The molecule has 1 atom stereocenters. The third-order valence-corrected chi connectivity index (χ3v) is 5.24. The van der Waals surface area contributed by atoms with Crippen LogP contribution in [0.3, 0.4) is 0 Å². The molecule has 0 aromatic carbocycles. The summed E-state index contributed by atoms with van der Waals surface area (Å²) in [4.78, 5) is 19.3. The van der Waals surface area contributed by atoms with Crippen LogP contribution in [0.4, 0.5) is 0 Å². The van der Waals surface area contributed by atoms with Crippen molar-refractivity contribution >= 4 is 21.6 Å². The van der Waals surface area contributed by atoms with Gasteiger partial charge in [0.1, 0.15) is 4.70 Å². The van der Waals surface area contributed by atoms with E-state index in [0.29, 0.717) is 5.92 Å². The number of rotatable bonds is 5. The quantitative estimate of drug-likeness (QED) is 0.844. The summed E-state index contributed by atoms with van der Waals surface area (Å²) in [7, 11) is 1.73. The molecule has 1 aliphatic heterocycles. The van der Waals surface area contributed by atoms with Gasteiger partial charge in [0.2, 0.25) is 0 Å². The highest BCUT2D eigenvalue weighted by Crippen LogP contribution is 2.21. The molecule has 0 aliphatic carbocycles. The number of hydrogen-bond acceptors (Lipinski definition) is 5. The fraction of sp³-hybridized carbons (Fsp3) is 0.600. The van der Waals surface area contributed by atoms with Crippen LogP contribution in [0, 0.1) is 12.8 Å². The number of nitrogens with zero attached hydrogens (tertiary/aromatic N) is 3. The number of methoxy groups -OCH3 is 1. The fourth-order valence-electron chi connectivity index (χ4n) is 2.95. The van der Waals surface area contributed by atoms with Crippen molar-refractivity contribution in [3.05, 3.63) is 27.6 Å². The zero-order valence-electron chi connectivity index (χ0n) is 12.5. The number of ether oxygens (including phenoxy) is 1. The first-order chi connectivity index (χ1) is 10.2. The molecule has 1 saturated heterocycles. The molecule has 1 aliphatic rings. The van der Waals surface area contributed by atoms with Gasteiger partial charge in [0.15, 0.2) is 0 Å². The molecule has 0 N–H and O–H groups in total. The molecule has 114 valence electrons. The van der Waals surface area contributed by atoms with Gasteiger partial charge in [-0.2, -0.15) is 0 Å². The van der Waals surface area contributed by atoms with Gasteiger partial charge in [-0.05, 0) is 36.8 Å². The molecule has 2 aromatic rings. The van der Waals surface area contributed by atoms with Gasteiger partial charge in [0, 0.05) is 26.7 Å². The number of aromatic nitrogens is 2. The number of likely N-dealkylation sites (tertiary alicyclic amines) is 1. The smallest absolute Gasteiger partial charge is 0.271 e. The molecule has 0 spiro atoms. The standard InChI is InChI=1S/C15H21N3O2S/c1-11-9-21-14-13(11)16-10-18(15(14)19)8-12-3-4-17(7-12)5-6-20-2/h9-10,12H,3-8H2,1-2H3/t12-/m1/s1. The van der Waals surface area contributed by atoms with E-state index in [0.717, 1.165) is 55.0 Å². The van der Waals surface area contributed by atoms with Gasteiger partial charge in [-0.25, -0.2) is 4.98 Å². The molecule has 0 unspecified atom stereocenters. The van der Waals surface area contributed by atoms with E-state index in [1.807, 2.05) is 12.3 Å². The van der Waals surface area contributed by atoms with Gasteiger partial charge in [-0.3, -0.25) is 9.36 Å². The second kappa shape index (κ2) is 6.25. The number of aryl methyl sites for hydroxylation is 1. The molecule has 0 amide bonds. The maximum Gasteiger partial charge on any atom is 0.271 e. The van der Waals surface area contributed by atoms with Crippen LogP contribution in [0.5, 0.6) is 0 Å². The third kappa shape index (κ3) is 3.02. The fourth-order valence-corrected chi connectivity index (χ4v) is 3.90. The molecular weight excluding hydrogens is 286 g/mol. The largest absolute Gasteiger partial charge is 0.383 e. The lowest BCUT2D eigenvalue weighted by Gasteiger charge is -2.15. The minimum atomic E-state index is 0.105. The summed E-state index contributed by atoms with van der Waals surface area (Å²) < 4.78 is 7.68. The van der Waals surface area contributed by atoms with E-state index in [-0.39, 0.29) is 5.56 Å². The summed E-state index contributed by atoms with van der Waals surface area (Å²) >= 11 is 1.50. The van der Waals surface area contributed by atoms with E-state index in [2.05, 4.69) is 9.88 Å². The van der Waals surface area contributed by atoms with E-state index < -0.39 is 0 Å². The van der Waals surface area contributed by atoms with Gasteiger partial charge in [-0.1, -0.05) is 0 Å². The first kappa shape index (κ1) is 14.7. The van der Waals surface area contributed by atoms with Crippen LogP contribution in [-0.4, -0.2) is 47.8 Å². The minimum Gasteiger partial charge on any atom is -0.383 e. The number of hydrogen-bond donors (Lipinski definition) is 0. The molecule has 0 saturated carbocycles. The Labute approximate surface area is 128 Å². The van der Waals surface area contributed by atoms with Crippen molar-refractivity contribution in [1.29, 1.82) is 0 Å². The van der Waals surface area contributed by atoms with E-state index in [1.54, 1.807) is 18.0 Å². The Bertz CT molecular complexity index is 679. The SMILES string of the molecule is COCCN1CC[C@@H](Cn2cnc3c(C)csc3c2=O)C1. The molecule has 1 fully saturated rings. The Balaban J connectivity index is 1.71. The normalized spacial score (nSPS) is 19.6. The van der Waals surface area contributed by atoms with Gasteiger partial charge in [0.25, 0.3) is 5.56 Å². The summed E-state index contributed by atoms with van der Waals surface area (Å²) in [5.74, 6) is 0.528. The van der Waals surface area contributed by atoms with E-state index in [1.165, 1.54) is 11.3 Å². The number of thiophene rings is 1. The Kier molecular flexibility index (Phi) is 4.37. The first-order valence-electron chi connectivity index (χ1n) is 7.33. The van der Waals surface area contributed by atoms with Gasteiger partial charge in [-0.15, -0.1) is 11.3 Å². The summed E-state index contributed by atoms with van der Waals surface area (Å²) in [5, 5.41) is 2.01.